The summed E-state index contributed by atoms with van der Waals surface area (Å²) in [5, 5.41) is 25.6. The molecule has 0 spiro atoms. The number of halogens is 3. The molecule has 4 atom stereocenters. The molecule has 14 heteroatoms. The van der Waals surface area contributed by atoms with Crippen molar-refractivity contribution in [2.75, 3.05) is 44.4 Å². The molecule has 2 aromatic carbocycles. The van der Waals surface area contributed by atoms with Gasteiger partial charge in [-0.1, -0.05) is 18.6 Å². The number of carbonyl (C=O) groups excluding carboxylic acids is 1. The molecule has 0 aliphatic carbocycles. The van der Waals surface area contributed by atoms with E-state index in [0.717, 1.165) is 12.8 Å². The molecule has 3 aliphatic heterocycles. The number of phenols is 1. The first-order valence-electron chi connectivity index (χ1n) is 18.3. The number of aliphatic hydroxyl groups is 1. The van der Waals surface area contributed by atoms with Crippen molar-refractivity contribution >= 4 is 33.4 Å². The second-order valence-electron chi connectivity index (χ2n) is 14.4. The fourth-order valence-electron chi connectivity index (χ4n) is 8.31. The van der Waals surface area contributed by atoms with Gasteiger partial charge in [0.1, 0.15) is 41.4 Å². The van der Waals surface area contributed by atoms with E-state index in [9.17, 15) is 19.4 Å². The topological polar surface area (TPSA) is 133 Å². The lowest BCUT2D eigenvalue weighted by Crippen LogP contribution is -2.60. The van der Waals surface area contributed by atoms with Crippen LogP contribution in [0.3, 0.4) is 0 Å². The van der Waals surface area contributed by atoms with Gasteiger partial charge in [0.25, 0.3) is 0 Å². The Labute approximate surface area is 311 Å². The zero-order valence-corrected chi connectivity index (χ0v) is 30.0. The molecule has 0 saturated carbocycles. The van der Waals surface area contributed by atoms with Gasteiger partial charge in [0.05, 0.1) is 22.6 Å². The Kier molecular flexibility index (Phi) is 10.7. The molecule has 284 valence electrons. The predicted molar refractivity (Wildman–Crippen MR) is 198 cm³/mol. The smallest absolute Gasteiger partial charge is 0.319 e. The number of likely N-dealkylation sites (tertiary alicyclic amines) is 1. The van der Waals surface area contributed by atoms with Gasteiger partial charge in [0.15, 0.2) is 5.82 Å². The van der Waals surface area contributed by atoms with E-state index in [0.29, 0.717) is 56.8 Å². The summed E-state index contributed by atoms with van der Waals surface area (Å²) >= 11 is 0. The maximum atomic E-state index is 17.1. The maximum absolute atomic E-state index is 17.1. The molecule has 7 rings (SSSR count). The number of aromatic nitrogens is 3. The Morgan fingerprint density at radius 3 is 2.76 bits per heavy atom. The minimum Gasteiger partial charge on any atom is -0.508 e. The van der Waals surface area contributed by atoms with Crippen molar-refractivity contribution in [3.8, 4) is 35.4 Å². The van der Waals surface area contributed by atoms with Crippen molar-refractivity contribution in [1.29, 1.82) is 0 Å². The first-order chi connectivity index (χ1) is 26.0. The van der Waals surface area contributed by atoms with E-state index in [-0.39, 0.29) is 82.4 Å². The van der Waals surface area contributed by atoms with Crippen molar-refractivity contribution < 1.29 is 37.7 Å². The van der Waals surface area contributed by atoms with E-state index in [4.69, 9.17) is 20.9 Å². The third kappa shape index (κ3) is 7.03. The third-order valence-corrected chi connectivity index (χ3v) is 11.0. The highest BCUT2D eigenvalue weighted by atomic mass is 19.1. The Bertz CT molecular complexity index is 2120. The van der Waals surface area contributed by atoms with Crippen LogP contribution in [-0.4, -0.2) is 105 Å². The van der Waals surface area contributed by atoms with Crippen molar-refractivity contribution in [3.63, 3.8) is 0 Å². The lowest BCUT2D eigenvalue weighted by Gasteiger charge is -2.45. The lowest BCUT2D eigenvalue weighted by atomic mass is 9.88. The molecule has 3 saturated heterocycles. The highest BCUT2D eigenvalue weighted by Crippen LogP contribution is 2.41. The summed E-state index contributed by atoms with van der Waals surface area (Å²) in [6.07, 6.45) is 9.72. The molecular formula is C40H43F3N6O5. The number of nitrogens with one attached hydrogen (secondary N) is 1. The van der Waals surface area contributed by atoms with Gasteiger partial charge in [0.2, 0.25) is 5.91 Å². The number of ether oxygens (including phenoxy) is 2. The Hall–Kier alpha value is -4.97. The standard InChI is InChI=1S/C40H43F3N6O5/c1-4-29-32(42)10-9-24-16-28(51)17-30(34(24)29)36-35(43)37-31(19-44-36)38(48-13-7-6-8-26(21-48)45-33(52)5-2)47-39(46-37)54-22-40(23(3)50)18-25(41)20-49(40)27-11-14-53-15-12-27/h1,5,9-10,16-17,19,23,25-27,50-51H,2,6-8,11-15,18,20-22H2,3H3,(H,45,52)/t23-,25+,26?,40-/m0/s1. The quantitative estimate of drug-likeness (QED) is 0.155. The summed E-state index contributed by atoms with van der Waals surface area (Å²) in [7, 11) is 0. The number of benzene rings is 2. The molecule has 5 heterocycles. The molecule has 0 radical (unpaired) electrons. The largest absolute Gasteiger partial charge is 0.508 e. The van der Waals surface area contributed by atoms with E-state index in [2.05, 4.69) is 27.8 Å². The Balaban J connectivity index is 1.36. The Morgan fingerprint density at radius 2 is 2.02 bits per heavy atom. The zero-order chi connectivity index (χ0) is 38.1. The number of carbonyl (C=O) groups is 1. The lowest BCUT2D eigenvalue weighted by molar-refractivity contribution is -0.117. The molecule has 3 aliphatic rings. The number of rotatable bonds is 9. The number of hydrogen-bond donors (Lipinski definition) is 3. The fraction of sp³-hybridized carbons (Fsp3) is 0.450. The minimum atomic E-state index is -1.21. The minimum absolute atomic E-state index is 0.0142. The molecular weight excluding hydrogens is 701 g/mol. The van der Waals surface area contributed by atoms with Crippen molar-refractivity contribution in [1.82, 2.24) is 25.2 Å². The number of nitrogens with zero attached hydrogens (tertiary/aromatic N) is 5. The number of terminal acetylenes is 1. The van der Waals surface area contributed by atoms with Gasteiger partial charge in [-0.2, -0.15) is 9.97 Å². The second kappa shape index (κ2) is 15.4. The first-order valence-corrected chi connectivity index (χ1v) is 18.3. The number of hydrogen-bond acceptors (Lipinski definition) is 10. The number of anilines is 1. The van der Waals surface area contributed by atoms with Crippen LogP contribution in [0.2, 0.25) is 0 Å². The molecule has 3 N–H and O–H groups in total. The SMILES string of the molecule is C#Cc1c(F)ccc2cc(O)cc(-c3ncc4c(N5CCCCC(NC(=O)C=C)C5)nc(OC[C@]5([C@H](C)O)C[C@@H](F)CN5C5CCOCC5)nc4c3F)c12. The van der Waals surface area contributed by atoms with Crippen molar-refractivity contribution in [3.05, 3.63) is 60.3 Å². The van der Waals surface area contributed by atoms with Crippen LogP contribution >= 0.6 is 0 Å². The van der Waals surface area contributed by atoms with Crippen LogP contribution in [0, 0.1) is 24.0 Å². The van der Waals surface area contributed by atoms with Gasteiger partial charge < -0.3 is 29.9 Å². The molecule has 0 bridgehead atoms. The molecule has 2 aromatic heterocycles. The highest BCUT2D eigenvalue weighted by molar-refractivity contribution is 6.03. The van der Waals surface area contributed by atoms with Crippen LogP contribution < -0.4 is 15.0 Å². The number of fused-ring (bicyclic) bond motifs is 2. The third-order valence-electron chi connectivity index (χ3n) is 11.0. The van der Waals surface area contributed by atoms with Gasteiger partial charge in [-0.05, 0) is 68.7 Å². The van der Waals surface area contributed by atoms with Crippen LogP contribution in [0.1, 0.15) is 51.0 Å². The highest BCUT2D eigenvalue weighted by Gasteiger charge is 2.52. The van der Waals surface area contributed by atoms with Crippen LogP contribution in [0.4, 0.5) is 19.0 Å². The summed E-state index contributed by atoms with van der Waals surface area (Å²) in [4.78, 5) is 30.0. The van der Waals surface area contributed by atoms with E-state index < -0.39 is 29.4 Å². The number of amides is 1. The molecule has 11 nitrogen and oxygen atoms in total. The summed E-state index contributed by atoms with van der Waals surface area (Å²) < 4.78 is 59.2. The number of alkyl halides is 1. The van der Waals surface area contributed by atoms with Gasteiger partial charge >= 0.3 is 6.01 Å². The number of aromatic hydroxyl groups is 1. The van der Waals surface area contributed by atoms with Crippen molar-refractivity contribution in [2.24, 2.45) is 0 Å². The Morgan fingerprint density at radius 1 is 1.22 bits per heavy atom. The second-order valence-corrected chi connectivity index (χ2v) is 14.4. The van der Waals surface area contributed by atoms with Gasteiger partial charge in [-0.25, -0.2) is 13.2 Å². The van der Waals surface area contributed by atoms with Gasteiger partial charge in [0, 0.05) is 68.5 Å². The molecule has 4 aromatic rings. The van der Waals surface area contributed by atoms with E-state index in [1.54, 1.807) is 6.92 Å². The predicted octanol–water partition coefficient (Wildman–Crippen LogP) is 5.19. The van der Waals surface area contributed by atoms with Gasteiger partial charge in [-0.3, -0.25) is 14.7 Å². The van der Waals surface area contributed by atoms with Crippen LogP contribution in [0.15, 0.2) is 43.1 Å². The van der Waals surface area contributed by atoms with Crippen molar-refractivity contribution in [2.45, 2.75) is 75.3 Å². The molecule has 1 unspecified atom stereocenters. The van der Waals surface area contributed by atoms with Crippen LogP contribution in [0.5, 0.6) is 11.8 Å². The van der Waals surface area contributed by atoms with Gasteiger partial charge in [-0.15, -0.1) is 6.42 Å². The van der Waals surface area contributed by atoms with E-state index >= 15 is 8.78 Å². The van der Waals surface area contributed by atoms with E-state index in [1.807, 2.05) is 9.80 Å². The average Bonchev–Trinajstić information content (AvgIpc) is 3.35. The normalized spacial score (nSPS) is 23.2. The maximum Gasteiger partial charge on any atom is 0.319 e. The van der Waals surface area contributed by atoms with Crippen LogP contribution in [0.25, 0.3) is 32.9 Å². The van der Waals surface area contributed by atoms with Crippen LogP contribution in [-0.2, 0) is 9.53 Å². The molecule has 1 amide bonds. The molecule has 54 heavy (non-hydrogen) atoms. The summed E-state index contributed by atoms with van der Waals surface area (Å²) in [6.45, 7) is 6.99. The van der Waals surface area contributed by atoms with E-state index in [1.165, 1.54) is 36.5 Å². The fourth-order valence-corrected chi connectivity index (χ4v) is 8.31. The monoisotopic (exact) mass is 744 g/mol. The summed E-state index contributed by atoms with van der Waals surface area (Å²) in [5.74, 6) is 0.521. The number of aliphatic hydroxyl groups excluding tert-OH is 1. The molecule has 3 fully saturated rings. The first kappa shape index (κ1) is 37.3. The summed E-state index contributed by atoms with van der Waals surface area (Å²) in [5.41, 5.74) is -1.60. The zero-order valence-electron chi connectivity index (χ0n) is 30.0. The number of phenolic OH excluding ortho intramolecular Hbond substituents is 1. The number of pyridine rings is 1. The summed E-state index contributed by atoms with van der Waals surface area (Å²) in [6, 6.07) is 4.77. The average molecular weight is 745 g/mol.